The molecule has 1 aliphatic rings. The maximum Gasteiger partial charge on any atom is 0.0139 e. The van der Waals surface area contributed by atoms with Crippen molar-refractivity contribution in [3.05, 3.63) is 0 Å². The van der Waals surface area contributed by atoms with Gasteiger partial charge in [-0.25, -0.2) is 0 Å². The van der Waals surface area contributed by atoms with Gasteiger partial charge in [-0.3, -0.25) is 0 Å². The summed E-state index contributed by atoms with van der Waals surface area (Å²) in [6.45, 7) is 5.32. The minimum absolute atomic E-state index is 0.226. The number of hydrogen-bond donors (Lipinski definition) is 2. The molecule has 0 saturated heterocycles. The van der Waals surface area contributed by atoms with E-state index in [0.717, 1.165) is 19.0 Å². The van der Waals surface area contributed by atoms with Crippen molar-refractivity contribution in [1.82, 2.24) is 5.32 Å². The van der Waals surface area contributed by atoms with Gasteiger partial charge in [0.2, 0.25) is 0 Å². The summed E-state index contributed by atoms with van der Waals surface area (Å²) in [5.41, 5.74) is 5.84. The van der Waals surface area contributed by atoms with E-state index in [2.05, 4.69) is 19.2 Å². The van der Waals surface area contributed by atoms with Crippen molar-refractivity contribution in [2.24, 2.45) is 5.73 Å². The molecule has 0 aromatic rings. The van der Waals surface area contributed by atoms with Crippen LogP contribution in [-0.2, 0) is 0 Å². The van der Waals surface area contributed by atoms with Crippen LogP contribution in [0.3, 0.4) is 0 Å². The van der Waals surface area contributed by atoms with Crippen molar-refractivity contribution < 1.29 is 0 Å². The molecule has 0 amide bonds. The molecule has 1 aliphatic carbocycles. The van der Waals surface area contributed by atoms with Crippen molar-refractivity contribution >= 4 is 0 Å². The van der Waals surface area contributed by atoms with Crippen LogP contribution in [0.2, 0.25) is 0 Å². The van der Waals surface area contributed by atoms with Crippen molar-refractivity contribution in [2.45, 2.75) is 70.4 Å². The Labute approximate surface area is 88.6 Å². The topological polar surface area (TPSA) is 38.0 Å². The second-order valence-electron chi connectivity index (χ2n) is 5.26. The Morgan fingerprint density at radius 1 is 1.14 bits per heavy atom. The van der Waals surface area contributed by atoms with Gasteiger partial charge in [-0.2, -0.15) is 0 Å². The summed E-state index contributed by atoms with van der Waals surface area (Å²) in [5.74, 6) is 0. The quantitative estimate of drug-likeness (QED) is 0.681. The standard InChI is InChI=1S/C12H26N2/c1-12(2,9-10-13)14-11-7-5-3-4-6-8-11/h11,14H,3-10,13H2,1-2H3. The highest BCUT2D eigenvalue weighted by molar-refractivity contribution is 4.83. The average Bonchev–Trinajstić information content (AvgIpc) is 2.31. The van der Waals surface area contributed by atoms with E-state index in [1.54, 1.807) is 0 Å². The van der Waals surface area contributed by atoms with E-state index in [-0.39, 0.29) is 5.54 Å². The molecule has 3 N–H and O–H groups in total. The first-order chi connectivity index (χ1) is 6.64. The molecule has 0 atom stereocenters. The molecule has 0 radical (unpaired) electrons. The molecule has 1 fully saturated rings. The minimum Gasteiger partial charge on any atom is -0.330 e. The zero-order valence-corrected chi connectivity index (χ0v) is 9.81. The molecule has 1 saturated carbocycles. The molecule has 1 rings (SSSR count). The molecular weight excluding hydrogens is 172 g/mol. The Kier molecular flexibility index (Phi) is 4.90. The monoisotopic (exact) mass is 198 g/mol. The van der Waals surface area contributed by atoms with E-state index in [4.69, 9.17) is 5.73 Å². The third kappa shape index (κ3) is 4.43. The Bertz CT molecular complexity index is 146. The zero-order chi connectivity index (χ0) is 10.4. The van der Waals surface area contributed by atoms with Crippen LogP contribution in [0, 0.1) is 0 Å². The summed E-state index contributed by atoms with van der Waals surface area (Å²) in [6, 6.07) is 0.735. The van der Waals surface area contributed by atoms with Crippen LogP contribution in [0.5, 0.6) is 0 Å². The SMILES string of the molecule is CC(C)(CCN)NC1CCCCCC1. The minimum atomic E-state index is 0.226. The van der Waals surface area contributed by atoms with Crippen LogP contribution in [0.15, 0.2) is 0 Å². The van der Waals surface area contributed by atoms with E-state index in [1.165, 1.54) is 38.5 Å². The second kappa shape index (κ2) is 5.72. The van der Waals surface area contributed by atoms with Crippen LogP contribution >= 0.6 is 0 Å². The Balaban J connectivity index is 2.33. The van der Waals surface area contributed by atoms with Gasteiger partial charge in [-0.1, -0.05) is 25.7 Å². The largest absolute Gasteiger partial charge is 0.330 e. The fraction of sp³-hybridized carbons (Fsp3) is 1.00. The summed E-state index contributed by atoms with van der Waals surface area (Å²) in [6.07, 6.45) is 9.43. The van der Waals surface area contributed by atoms with Gasteiger partial charge in [0.05, 0.1) is 0 Å². The van der Waals surface area contributed by atoms with E-state index >= 15 is 0 Å². The van der Waals surface area contributed by atoms with Crippen molar-refractivity contribution in [2.75, 3.05) is 6.54 Å². The molecule has 0 aromatic carbocycles. The lowest BCUT2D eigenvalue weighted by molar-refractivity contribution is 0.299. The van der Waals surface area contributed by atoms with Gasteiger partial charge in [0, 0.05) is 11.6 Å². The van der Waals surface area contributed by atoms with Gasteiger partial charge in [-0.15, -0.1) is 0 Å². The van der Waals surface area contributed by atoms with Crippen LogP contribution < -0.4 is 11.1 Å². The molecule has 0 aromatic heterocycles. The third-order valence-corrected chi connectivity index (χ3v) is 3.22. The fourth-order valence-corrected chi connectivity index (χ4v) is 2.41. The summed E-state index contributed by atoms with van der Waals surface area (Å²) >= 11 is 0. The van der Waals surface area contributed by atoms with Crippen LogP contribution in [0.1, 0.15) is 58.8 Å². The molecule has 2 heteroatoms. The highest BCUT2D eigenvalue weighted by atomic mass is 15.0. The summed E-state index contributed by atoms with van der Waals surface area (Å²) in [7, 11) is 0. The highest BCUT2D eigenvalue weighted by Gasteiger charge is 2.21. The van der Waals surface area contributed by atoms with E-state index in [9.17, 15) is 0 Å². The van der Waals surface area contributed by atoms with Crippen LogP contribution in [0.25, 0.3) is 0 Å². The highest BCUT2D eigenvalue weighted by Crippen LogP contribution is 2.20. The molecule has 0 bridgehead atoms. The first kappa shape index (κ1) is 12.0. The molecule has 0 spiro atoms. The smallest absolute Gasteiger partial charge is 0.0139 e. The average molecular weight is 198 g/mol. The summed E-state index contributed by atoms with van der Waals surface area (Å²) in [5, 5.41) is 3.76. The van der Waals surface area contributed by atoms with Gasteiger partial charge < -0.3 is 11.1 Å². The van der Waals surface area contributed by atoms with Gasteiger partial charge >= 0.3 is 0 Å². The number of nitrogens with two attached hydrogens (primary N) is 1. The molecule has 14 heavy (non-hydrogen) atoms. The van der Waals surface area contributed by atoms with Crippen molar-refractivity contribution in [1.29, 1.82) is 0 Å². The number of nitrogens with one attached hydrogen (secondary N) is 1. The van der Waals surface area contributed by atoms with Crippen LogP contribution in [-0.4, -0.2) is 18.1 Å². The molecule has 0 unspecified atom stereocenters. The number of hydrogen-bond acceptors (Lipinski definition) is 2. The first-order valence-corrected chi connectivity index (χ1v) is 6.12. The fourth-order valence-electron chi connectivity index (χ4n) is 2.41. The van der Waals surface area contributed by atoms with E-state index in [0.29, 0.717) is 0 Å². The van der Waals surface area contributed by atoms with Gasteiger partial charge in [-0.05, 0) is 39.7 Å². The van der Waals surface area contributed by atoms with Gasteiger partial charge in [0.15, 0.2) is 0 Å². The molecule has 84 valence electrons. The lowest BCUT2D eigenvalue weighted by Crippen LogP contribution is -2.46. The summed E-state index contributed by atoms with van der Waals surface area (Å²) in [4.78, 5) is 0. The Morgan fingerprint density at radius 2 is 1.71 bits per heavy atom. The molecule has 0 aliphatic heterocycles. The van der Waals surface area contributed by atoms with Gasteiger partial charge in [0.1, 0.15) is 0 Å². The Morgan fingerprint density at radius 3 is 2.21 bits per heavy atom. The number of rotatable bonds is 4. The van der Waals surface area contributed by atoms with Crippen molar-refractivity contribution in [3.63, 3.8) is 0 Å². The second-order valence-corrected chi connectivity index (χ2v) is 5.26. The molecule has 2 nitrogen and oxygen atoms in total. The van der Waals surface area contributed by atoms with Crippen LogP contribution in [0.4, 0.5) is 0 Å². The normalized spacial score (nSPS) is 20.8. The van der Waals surface area contributed by atoms with E-state index in [1.807, 2.05) is 0 Å². The maximum atomic E-state index is 5.61. The molecule has 0 heterocycles. The predicted octanol–water partition coefficient (Wildman–Crippen LogP) is 2.43. The van der Waals surface area contributed by atoms with Gasteiger partial charge in [0.25, 0.3) is 0 Å². The van der Waals surface area contributed by atoms with E-state index < -0.39 is 0 Å². The lowest BCUT2D eigenvalue weighted by atomic mass is 9.97. The van der Waals surface area contributed by atoms with Crippen molar-refractivity contribution in [3.8, 4) is 0 Å². The lowest BCUT2D eigenvalue weighted by Gasteiger charge is -2.31. The zero-order valence-electron chi connectivity index (χ0n) is 9.81. The predicted molar refractivity (Wildman–Crippen MR) is 62.4 cm³/mol. The Hall–Kier alpha value is -0.0800. The summed E-state index contributed by atoms with van der Waals surface area (Å²) < 4.78 is 0. The third-order valence-electron chi connectivity index (χ3n) is 3.22. The maximum absolute atomic E-state index is 5.61. The first-order valence-electron chi connectivity index (χ1n) is 6.12. The molecular formula is C12H26N2.